The third-order valence-corrected chi connectivity index (χ3v) is 0.604. The van der Waals surface area contributed by atoms with Crippen LogP contribution in [0.5, 0.6) is 0 Å². The van der Waals surface area contributed by atoms with E-state index in [1.54, 1.807) is 0 Å². The Hall–Kier alpha value is -0.700. The molecule has 0 bridgehead atoms. The normalized spacial score (nSPS) is 10.2. The number of allylic oxidation sites excluding steroid dienone is 1. The van der Waals surface area contributed by atoms with Gasteiger partial charge in [0.2, 0.25) is 0 Å². The summed E-state index contributed by atoms with van der Waals surface area (Å²) in [7, 11) is 0. The molecule has 0 saturated heterocycles. The molecule has 1 saturated carbocycles. The van der Waals surface area contributed by atoms with Gasteiger partial charge in [-0.3, -0.25) is 0 Å². The maximum absolute atomic E-state index is 3.56. The van der Waals surface area contributed by atoms with Crippen LogP contribution in [0.4, 0.5) is 0 Å². The van der Waals surface area contributed by atoms with Crippen LogP contribution in [-0.4, -0.2) is 0 Å². The first-order chi connectivity index (χ1) is 5.15. The van der Waals surface area contributed by atoms with Crippen LogP contribution in [0.25, 0.3) is 0 Å². The van der Waals surface area contributed by atoms with Crippen molar-refractivity contribution in [1.82, 2.24) is 0 Å². The molecule has 0 aromatic carbocycles. The predicted octanol–water partition coefficient (Wildman–Crippen LogP) is 3.78. The Morgan fingerprint density at radius 2 is 1.18 bits per heavy atom. The zero-order valence-corrected chi connectivity index (χ0v) is 8.33. The van der Waals surface area contributed by atoms with Crippen molar-refractivity contribution in [3.63, 3.8) is 0 Å². The van der Waals surface area contributed by atoms with Crippen molar-refractivity contribution < 1.29 is 0 Å². The second-order valence-corrected chi connectivity index (χ2v) is 2.77. The average molecular weight is 152 g/mol. The van der Waals surface area contributed by atoms with Crippen LogP contribution in [0.15, 0.2) is 12.2 Å². The Labute approximate surface area is 71.7 Å². The SMILES string of the molecule is C1CC1.C=C(C)C.CC#CC. The largest absolute Gasteiger partial charge is 0.107 e. The maximum Gasteiger partial charge on any atom is -0.00271 e. The lowest BCUT2D eigenvalue weighted by atomic mass is 10.4. The van der Waals surface area contributed by atoms with Crippen molar-refractivity contribution in [1.29, 1.82) is 0 Å². The minimum Gasteiger partial charge on any atom is -0.107 e. The van der Waals surface area contributed by atoms with Gasteiger partial charge in [0, 0.05) is 0 Å². The van der Waals surface area contributed by atoms with E-state index < -0.39 is 0 Å². The predicted molar refractivity (Wildman–Crippen MR) is 53.5 cm³/mol. The monoisotopic (exact) mass is 152 g/mol. The van der Waals surface area contributed by atoms with Crippen molar-refractivity contribution >= 4 is 0 Å². The van der Waals surface area contributed by atoms with Gasteiger partial charge in [0.15, 0.2) is 0 Å². The molecule has 0 nitrogen and oxygen atoms in total. The molecule has 11 heavy (non-hydrogen) atoms. The van der Waals surface area contributed by atoms with Crippen LogP contribution in [0, 0.1) is 11.8 Å². The highest BCUT2D eigenvalue weighted by Gasteiger charge is 1.95. The van der Waals surface area contributed by atoms with Crippen LogP contribution in [-0.2, 0) is 0 Å². The standard InChI is InChI=1S/C4H8.C4H6.C3H6/c1-4(2)3;1-3-4-2;1-2-3-1/h1H2,2-3H3;1-2H3;1-3H2. The van der Waals surface area contributed by atoms with Crippen LogP contribution in [0.1, 0.15) is 47.0 Å². The van der Waals surface area contributed by atoms with Gasteiger partial charge in [-0.2, -0.15) is 0 Å². The van der Waals surface area contributed by atoms with E-state index in [9.17, 15) is 0 Å². The Morgan fingerprint density at radius 1 is 1.00 bits per heavy atom. The summed E-state index contributed by atoms with van der Waals surface area (Å²) >= 11 is 0. The summed E-state index contributed by atoms with van der Waals surface area (Å²) in [6, 6.07) is 0. The highest BCUT2D eigenvalue weighted by Crippen LogP contribution is 2.14. The molecule has 0 heteroatoms. The van der Waals surface area contributed by atoms with Crippen molar-refractivity contribution in [3.8, 4) is 11.8 Å². The van der Waals surface area contributed by atoms with Gasteiger partial charge in [0.25, 0.3) is 0 Å². The fourth-order valence-corrected chi connectivity index (χ4v) is 0. The fraction of sp³-hybridized carbons (Fsp3) is 0.636. The van der Waals surface area contributed by atoms with E-state index in [1.165, 1.54) is 24.8 Å². The van der Waals surface area contributed by atoms with Gasteiger partial charge in [0.05, 0.1) is 0 Å². The molecule has 0 aromatic heterocycles. The van der Waals surface area contributed by atoms with Crippen LogP contribution >= 0.6 is 0 Å². The van der Waals surface area contributed by atoms with Crippen LogP contribution < -0.4 is 0 Å². The molecule has 0 aromatic rings. The molecule has 1 aliphatic carbocycles. The van der Waals surface area contributed by atoms with E-state index in [1.807, 2.05) is 27.7 Å². The van der Waals surface area contributed by atoms with Gasteiger partial charge in [-0.1, -0.05) is 24.8 Å². The number of rotatable bonds is 0. The molecule has 0 spiro atoms. The van der Waals surface area contributed by atoms with Gasteiger partial charge in [-0.25, -0.2) is 0 Å². The molecular formula is C11H20. The van der Waals surface area contributed by atoms with Crippen LogP contribution in [0.3, 0.4) is 0 Å². The molecule has 64 valence electrons. The molecule has 1 rings (SSSR count). The molecule has 1 aliphatic rings. The summed E-state index contributed by atoms with van der Waals surface area (Å²) in [6.07, 6.45) is 4.50. The van der Waals surface area contributed by atoms with Gasteiger partial charge in [-0.15, -0.1) is 18.4 Å². The van der Waals surface area contributed by atoms with E-state index in [0.29, 0.717) is 0 Å². The summed E-state index contributed by atoms with van der Waals surface area (Å²) in [4.78, 5) is 0. The highest BCUT2D eigenvalue weighted by atomic mass is 14.0. The van der Waals surface area contributed by atoms with Crippen LogP contribution in [0.2, 0.25) is 0 Å². The number of hydrogen-bond acceptors (Lipinski definition) is 0. The third kappa shape index (κ3) is 293. The Morgan fingerprint density at radius 3 is 1.18 bits per heavy atom. The Kier molecular flexibility index (Phi) is 14.1. The van der Waals surface area contributed by atoms with Gasteiger partial charge >= 0.3 is 0 Å². The van der Waals surface area contributed by atoms with E-state index in [0.717, 1.165) is 0 Å². The molecule has 0 aliphatic heterocycles. The van der Waals surface area contributed by atoms with Crippen molar-refractivity contribution in [3.05, 3.63) is 12.2 Å². The molecule has 0 amide bonds. The number of hydrogen-bond donors (Lipinski definition) is 0. The smallest absolute Gasteiger partial charge is 0.00271 e. The first-order valence-electron chi connectivity index (χ1n) is 4.10. The molecule has 0 heterocycles. The third-order valence-electron chi connectivity index (χ3n) is 0.604. The second-order valence-electron chi connectivity index (χ2n) is 2.77. The quantitative estimate of drug-likeness (QED) is 0.366. The summed E-state index contributed by atoms with van der Waals surface area (Å²) in [5, 5.41) is 0. The maximum atomic E-state index is 3.56. The molecule has 0 radical (unpaired) electrons. The highest BCUT2D eigenvalue weighted by molar-refractivity contribution is 4.89. The van der Waals surface area contributed by atoms with Gasteiger partial charge in [0.1, 0.15) is 0 Å². The minimum absolute atomic E-state index is 1.17. The molecule has 0 atom stereocenters. The van der Waals surface area contributed by atoms with E-state index in [4.69, 9.17) is 0 Å². The molecule has 0 N–H and O–H groups in total. The lowest BCUT2D eigenvalue weighted by Crippen LogP contribution is -1.43. The zero-order chi connectivity index (χ0) is 9.11. The van der Waals surface area contributed by atoms with Crippen molar-refractivity contribution in [2.24, 2.45) is 0 Å². The first-order valence-corrected chi connectivity index (χ1v) is 4.10. The summed E-state index contributed by atoms with van der Waals surface area (Å²) < 4.78 is 0. The van der Waals surface area contributed by atoms with Crippen molar-refractivity contribution in [2.45, 2.75) is 47.0 Å². The second kappa shape index (κ2) is 12.0. The van der Waals surface area contributed by atoms with Crippen molar-refractivity contribution in [2.75, 3.05) is 0 Å². The fourth-order valence-electron chi connectivity index (χ4n) is 0. The molecular weight excluding hydrogens is 132 g/mol. The molecule has 0 unspecified atom stereocenters. The van der Waals surface area contributed by atoms with E-state index in [2.05, 4.69) is 18.4 Å². The van der Waals surface area contributed by atoms with Gasteiger partial charge in [-0.05, 0) is 27.7 Å². The summed E-state index contributed by atoms with van der Waals surface area (Å²) in [6.45, 7) is 11.1. The summed E-state index contributed by atoms with van der Waals surface area (Å²) in [5.74, 6) is 5.36. The zero-order valence-electron chi connectivity index (χ0n) is 8.33. The lowest BCUT2D eigenvalue weighted by molar-refractivity contribution is 1.42. The Balaban J connectivity index is 0. The molecule has 1 fully saturated rings. The lowest BCUT2D eigenvalue weighted by Gasteiger charge is -1.65. The first kappa shape index (κ1) is 12.9. The van der Waals surface area contributed by atoms with E-state index >= 15 is 0 Å². The topological polar surface area (TPSA) is 0 Å². The minimum atomic E-state index is 1.17. The summed E-state index contributed by atoms with van der Waals surface area (Å²) in [5.41, 5.74) is 1.17. The van der Waals surface area contributed by atoms with Gasteiger partial charge < -0.3 is 0 Å². The average Bonchev–Trinajstić information content (AvgIpc) is 2.70. The van der Waals surface area contributed by atoms with E-state index in [-0.39, 0.29) is 0 Å². The Bertz CT molecular complexity index is 117.